The van der Waals surface area contributed by atoms with Crippen molar-refractivity contribution in [3.63, 3.8) is 0 Å². The minimum Gasteiger partial charge on any atom is -0.338 e. The van der Waals surface area contributed by atoms with Gasteiger partial charge in [0, 0.05) is 17.8 Å². The minimum absolute atomic E-state index is 0.613. The van der Waals surface area contributed by atoms with Crippen LogP contribution in [0.4, 0.5) is 0 Å². The van der Waals surface area contributed by atoms with Crippen molar-refractivity contribution in [1.29, 1.82) is 0 Å². The quantitative estimate of drug-likeness (QED) is 0.597. The van der Waals surface area contributed by atoms with Crippen LogP contribution in [0.3, 0.4) is 0 Å². The van der Waals surface area contributed by atoms with E-state index in [2.05, 4.69) is 27.0 Å². The number of nitrogens with zero attached hydrogens (tertiary/aromatic N) is 4. The van der Waals surface area contributed by atoms with E-state index in [1.54, 1.807) is 0 Å². The second-order valence-electron chi connectivity index (χ2n) is 4.43. The van der Waals surface area contributed by atoms with E-state index in [9.17, 15) is 0 Å². The van der Waals surface area contributed by atoms with Crippen molar-refractivity contribution in [3.05, 3.63) is 29.2 Å². The summed E-state index contributed by atoms with van der Waals surface area (Å²) in [5.41, 5.74) is 1.95. The van der Waals surface area contributed by atoms with E-state index in [1.807, 2.05) is 19.9 Å². The molecule has 2 aromatic heterocycles. The molecule has 0 bridgehead atoms. The average Bonchev–Trinajstić information content (AvgIpc) is 2.81. The van der Waals surface area contributed by atoms with Crippen LogP contribution in [0.1, 0.15) is 42.9 Å². The van der Waals surface area contributed by atoms with Crippen molar-refractivity contribution >= 4 is 11.8 Å². The molecule has 0 atom stereocenters. The van der Waals surface area contributed by atoms with Crippen LogP contribution in [-0.2, 0) is 12.2 Å². The Labute approximate surface area is 117 Å². The first-order valence-electron chi connectivity index (χ1n) is 6.44. The van der Waals surface area contributed by atoms with Gasteiger partial charge in [0.25, 0.3) is 0 Å². The first-order chi connectivity index (χ1) is 9.17. The Morgan fingerprint density at radius 2 is 1.89 bits per heavy atom. The normalized spacial score (nSPS) is 10.9. The fourth-order valence-electron chi connectivity index (χ4n) is 1.67. The highest BCUT2D eigenvalue weighted by Gasteiger charge is 2.08. The molecule has 0 fully saturated rings. The van der Waals surface area contributed by atoms with E-state index in [1.165, 1.54) is 11.8 Å². The lowest BCUT2D eigenvalue weighted by Gasteiger charge is -2.00. The Bertz CT molecular complexity index is 521. The number of thioether (sulfide) groups is 1. The lowest BCUT2D eigenvalue weighted by Crippen LogP contribution is -1.93. The van der Waals surface area contributed by atoms with E-state index in [-0.39, 0.29) is 0 Å². The third-order valence-corrected chi connectivity index (χ3v) is 3.38. The average molecular weight is 278 g/mol. The number of rotatable bonds is 6. The van der Waals surface area contributed by atoms with E-state index in [0.717, 1.165) is 41.6 Å². The Morgan fingerprint density at radius 3 is 2.58 bits per heavy atom. The number of aryl methyl sites for hydroxylation is 3. The number of hydrogen-bond acceptors (Lipinski definition) is 6. The van der Waals surface area contributed by atoms with Gasteiger partial charge in [0.15, 0.2) is 11.0 Å². The first-order valence-corrected chi connectivity index (χ1v) is 7.42. The molecule has 0 saturated carbocycles. The van der Waals surface area contributed by atoms with Crippen molar-refractivity contribution in [3.8, 4) is 0 Å². The minimum atomic E-state index is 0.613. The summed E-state index contributed by atoms with van der Waals surface area (Å²) in [6.45, 7) is 6.08. The Balaban J connectivity index is 1.92. The zero-order valence-corrected chi connectivity index (χ0v) is 12.3. The van der Waals surface area contributed by atoms with Gasteiger partial charge in [-0.15, -0.1) is 0 Å². The van der Waals surface area contributed by atoms with Gasteiger partial charge in [0.2, 0.25) is 5.89 Å². The van der Waals surface area contributed by atoms with Crippen molar-refractivity contribution in [2.45, 2.75) is 50.9 Å². The van der Waals surface area contributed by atoms with Gasteiger partial charge in [-0.2, -0.15) is 4.98 Å². The van der Waals surface area contributed by atoms with Gasteiger partial charge in [-0.3, -0.25) is 0 Å². The summed E-state index contributed by atoms with van der Waals surface area (Å²) in [6.07, 6.45) is 3.10. The molecule has 6 heteroatoms. The first kappa shape index (κ1) is 14.0. The smallest absolute Gasteiger partial charge is 0.237 e. The molecule has 0 radical (unpaired) electrons. The zero-order chi connectivity index (χ0) is 13.7. The molecule has 2 rings (SSSR count). The van der Waals surface area contributed by atoms with Gasteiger partial charge in [-0.25, -0.2) is 9.97 Å². The predicted octanol–water partition coefficient (Wildman–Crippen LogP) is 3.11. The van der Waals surface area contributed by atoms with Gasteiger partial charge < -0.3 is 4.52 Å². The van der Waals surface area contributed by atoms with Gasteiger partial charge >= 0.3 is 0 Å². The van der Waals surface area contributed by atoms with E-state index in [4.69, 9.17) is 4.52 Å². The molecule has 0 aliphatic rings. The third kappa shape index (κ3) is 4.31. The maximum atomic E-state index is 5.21. The Kier molecular flexibility index (Phi) is 4.90. The third-order valence-electron chi connectivity index (χ3n) is 2.55. The van der Waals surface area contributed by atoms with E-state index in [0.29, 0.717) is 11.6 Å². The molecule has 2 aromatic rings. The molecule has 0 amide bonds. The molecule has 102 valence electrons. The molecule has 0 N–H and O–H groups in total. The second-order valence-corrected chi connectivity index (χ2v) is 5.37. The predicted molar refractivity (Wildman–Crippen MR) is 74.0 cm³/mol. The molecule has 0 aliphatic carbocycles. The standard InChI is InChI=1S/C13H18N4OS/c1-4-5-6-11-16-12(18-17-11)8-19-13-14-9(2)7-10(3)15-13/h7H,4-6,8H2,1-3H3. The summed E-state index contributed by atoms with van der Waals surface area (Å²) in [5, 5.41) is 4.72. The summed E-state index contributed by atoms with van der Waals surface area (Å²) in [4.78, 5) is 13.1. The van der Waals surface area contributed by atoms with Crippen molar-refractivity contribution in [1.82, 2.24) is 20.1 Å². The molecular formula is C13H18N4OS. The maximum absolute atomic E-state index is 5.21. The maximum Gasteiger partial charge on any atom is 0.237 e. The van der Waals surface area contributed by atoms with Crippen LogP contribution in [0.25, 0.3) is 0 Å². The van der Waals surface area contributed by atoms with Crippen LogP contribution in [-0.4, -0.2) is 20.1 Å². The van der Waals surface area contributed by atoms with Crippen LogP contribution in [0, 0.1) is 13.8 Å². The highest BCUT2D eigenvalue weighted by atomic mass is 32.2. The van der Waals surface area contributed by atoms with Gasteiger partial charge in [0.1, 0.15) is 0 Å². The monoisotopic (exact) mass is 278 g/mol. The molecule has 0 saturated heterocycles. The summed E-state index contributed by atoms with van der Waals surface area (Å²) >= 11 is 1.52. The SMILES string of the molecule is CCCCc1noc(CSc2nc(C)cc(C)n2)n1. The fourth-order valence-corrected chi connectivity index (χ4v) is 2.46. The van der Waals surface area contributed by atoms with Crippen molar-refractivity contribution < 1.29 is 4.52 Å². The topological polar surface area (TPSA) is 64.7 Å². The number of unbranched alkanes of at least 4 members (excludes halogenated alkanes) is 1. The summed E-state index contributed by atoms with van der Waals surface area (Å²) in [6, 6.07) is 1.96. The molecule has 0 aromatic carbocycles. The molecule has 2 heterocycles. The van der Waals surface area contributed by atoms with Crippen LogP contribution in [0.5, 0.6) is 0 Å². The number of aromatic nitrogens is 4. The summed E-state index contributed by atoms with van der Waals surface area (Å²) in [5.74, 6) is 2.04. The van der Waals surface area contributed by atoms with Crippen molar-refractivity contribution in [2.75, 3.05) is 0 Å². The lowest BCUT2D eigenvalue weighted by molar-refractivity contribution is 0.384. The van der Waals surface area contributed by atoms with E-state index >= 15 is 0 Å². The van der Waals surface area contributed by atoms with Crippen LogP contribution in [0.2, 0.25) is 0 Å². The lowest BCUT2D eigenvalue weighted by atomic mass is 10.2. The fraction of sp³-hybridized carbons (Fsp3) is 0.538. The van der Waals surface area contributed by atoms with E-state index < -0.39 is 0 Å². The van der Waals surface area contributed by atoms with Gasteiger partial charge in [-0.1, -0.05) is 30.3 Å². The molecule has 0 spiro atoms. The highest BCUT2D eigenvalue weighted by Crippen LogP contribution is 2.19. The molecule has 0 aliphatic heterocycles. The number of hydrogen-bond donors (Lipinski definition) is 0. The molecule has 5 nitrogen and oxygen atoms in total. The molecular weight excluding hydrogens is 260 g/mol. The van der Waals surface area contributed by atoms with Gasteiger partial charge in [0.05, 0.1) is 5.75 Å². The largest absolute Gasteiger partial charge is 0.338 e. The van der Waals surface area contributed by atoms with Crippen LogP contribution < -0.4 is 0 Å². The van der Waals surface area contributed by atoms with Gasteiger partial charge in [-0.05, 0) is 26.3 Å². The summed E-state index contributed by atoms with van der Waals surface area (Å²) < 4.78 is 5.21. The second kappa shape index (κ2) is 6.65. The van der Waals surface area contributed by atoms with Crippen LogP contribution >= 0.6 is 11.8 Å². The van der Waals surface area contributed by atoms with Crippen LogP contribution in [0.15, 0.2) is 15.7 Å². The Morgan fingerprint density at radius 1 is 1.16 bits per heavy atom. The zero-order valence-electron chi connectivity index (χ0n) is 11.5. The van der Waals surface area contributed by atoms with Crippen molar-refractivity contribution in [2.24, 2.45) is 0 Å². The summed E-state index contributed by atoms with van der Waals surface area (Å²) in [7, 11) is 0. The highest BCUT2D eigenvalue weighted by molar-refractivity contribution is 7.98. The molecule has 19 heavy (non-hydrogen) atoms. The Hall–Kier alpha value is -1.43. The molecule has 0 unspecified atom stereocenters.